The van der Waals surface area contributed by atoms with Gasteiger partial charge in [-0.1, -0.05) is 41.3 Å². The molecule has 0 aliphatic heterocycles. The van der Waals surface area contributed by atoms with Crippen LogP contribution in [0.25, 0.3) is 0 Å². The molecule has 0 rings (SSSR count). The Morgan fingerprint density at radius 3 is 2.78 bits per heavy atom. The van der Waals surface area contributed by atoms with Gasteiger partial charge in [0, 0.05) is 5.33 Å². The fraction of sp³-hybridized carbons (Fsp3) is 0.500. The van der Waals surface area contributed by atoms with Crippen LogP contribution in [0.1, 0.15) is 19.8 Å². The summed E-state index contributed by atoms with van der Waals surface area (Å²) in [5.41, 5.74) is 1.11. The van der Waals surface area contributed by atoms with E-state index in [1.54, 1.807) is 0 Å². The molecule has 0 heterocycles. The molecule has 0 spiro atoms. The second-order valence-corrected chi connectivity index (χ2v) is 2.43. The number of hydrogen-bond donors (Lipinski definition) is 0. The molecular weight excluding hydrogens is 176 g/mol. The molecule has 1 heteroatoms. The normalized spacial score (nSPS) is 11.0. The lowest BCUT2D eigenvalue weighted by molar-refractivity contribution is 0.931. The third-order valence-corrected chi connectivity index (χ3v) is 1.35. The molecule has 0 saturated carbocycles. The largest absolute Gasteiger partial charge is 0.115 e. The summed E-state index contributed by atoms with van der Waals surface area (Å²) >= 11 is 3.29. The Kier molecular flexibility index (Phi) is 5.76. The Hall–Kier alpha value is -0.220. The van der Waals surface area contributed by atoms with Gasteiger partial charge in [0.25, 0.3) is 0 Å². The third kappa shape index (κ3) is 4.29. The van der Waals surface area contributed by atoms with E-state index >= 15 is 0 Å². The van der Waals surface area contributed by atoms with Crippen molar-refractivity contribution >= 4 is 15.9 Å². The maximum absolute atomic E-state index is 5.21. The second-order valence-electron chi connectivity index (χ2n) is 1.78. The van der Waals surface area contributed by atoms with Crippen molar-refractivity contribution in [2.75, 3.05) is 5.33 Å². The highest BCUT2D eigenvalue weighted by atomic mass is 79.9. The molecule has 0 aromatic heterocycles. The van der Waals surface area contributed by atoms with Crippen LogP contribution >= 0.6 is 15.9 Å². The van der Waals surface area contributed by atoms with Crippen molar-refractivity contribution in [3.63, 3.8) is 0 Å². The van der Waals surface area contributed by atoms with Crippen LogP contribution in [0.3, 0.4) is 0 Å². The van der Waals surface area contributed by atoms with E-state index in [9.17, 15) is 0 Å². The minimum absolute atomic E-state index is 0.868. The summed E-state index contributed by atoms with van der Waals surface area (Å²) in [6, 6.07) is 0. The molecule has 0 radical (unpaired) electrons. The summed E-state index contributed by atoms with van der Waals surface area (Å²) in [5.74, 6) is 2.64. The van der Waals surface area contributed by atoms with E-state index in [0.717, 1.165) is 23.7 Å². The Balaban J connectivity index is 3.71. The van der Waals surface area contributed by atoms with Crippen molar-refractivity contribution in [1.82, 2.24) is 0 Å². The third-order valence-electron chi connectivity index (χ3n) is 1.03. The lowest BCUT2D eigenvalue weighted by Crippen LogP contribution is -1.77. The van der Waals surface area contributed by atoms with Crippen molar-refractivity contribution in [3.8, 4) is 12.3 Å². The maximum atomic E-state index is 5.21. The zero-order valence-corrected chi connectivity index (χ0v) is 7.24. The van der Waals surface area contributed by atoms with Crippen LogP contribution < -0.4 is 0 Å². The number of terminal acetylenes is 1. The molecule has 0 aliphatic carbocycles. The van der Waals surface area contributed by atoms with E-state index in [0.29, 0.717) is 0 Å². The molecule has 0 N–H and O–H groups in total. The van der Waals surface area contributed by atoms with E-state index in [2.05, 4.69) is 28.8 Å². The van der Waals surface area contributed by atoms with Gasteiger partial charge in [-0.05, 0) is 12.0 Å². The Morgan fingerprint density at radius 2 is 2.44 bits per heavy atom. The van der Waals surface area contributed by atoms with Crippen LogP contribution in [0.4, 0.5) is 0 Å². The van der Waals surface area contributed by atoms with Gasteiger partial charge in [0.15, 0.2) is 0 Å². The predicted octanol–water partition coefficient (Wildman–Crippen LogP) is 2.74. The summed E-state index contributed by atoms with van der Waals surface area (Å²) in [5, 5.41) is 0.868. The van der Waals surface area contributed by atoms with Gasteiger partial charge in [0.05, 0.1) is 0 Å². The topological polar surface area (TPSA) is 0 Å². The first-order chi connectivity index (χ1) is 4.35. The summed E-state index contributed by atoms with van der Waals surface area (Å²) in [6.45, 7) is 2.12. The molecule has 0 atom stereocenters. The van der Waals surface area contributed by atoms with Crippen LogP contribution in [0.2, 0.25) is 0 Å². The number of halogens is 1. The number of hydrogen-bond acceptors (Lipinski definition) is 0. The minimum Gasteiger partial charge on any atom is -0.115 e. The van der Waals surface area contributed by atoms with E-state index < -0.39 is 0 Å². The fourth-order valence-corrected chi connectivity index (χ4v) is 0.986. The molecule has 0 fully saturated rings. The minimum atomic E-state index is 0.868. The smallest absolute Gasteiger partial charge is 0.0223 e. The van der Waals surface area contributed by atoms with Gasteiger partial charge in [-0.2, -0.15) is 0 Å². The molecule has 0 bridgehead atoms. The van der Waals surface area contributed by atoms with E-state index in [1.807, 2.05) is 6.08 Å². The molecule has 0 saturated heterocycles. The highest BCUT2D eigenvalue weighted by Crippen LogP contribution is 2.02. The first-order valence-corrected chi connectivity index (χ1v) is 4.18. The lowest BCUT2D eigenvalue weighted by atomic mass is 10.1. The first-order valence-electron chi connectivity index (χ1n) is 3.06. The SMILES string of the molecule is C#C/C(=C\CBr)CCC. The molecule has 50 valence electrons. The van der Waals surface area contributed by atoms with Crippen LogP contribution in [0, 0.1) is 12.3 Å². The predicted molar refractivity (Wildman–Crippen MR) is 45.6 cm³/mol. The summed E-state index contributed by atoms with van der Waals surface area (Å²) in [4.78, 5) is 0. The second kappa shape index (κ2) is 5.91. The summed E-state index contributed by atoms with van der Waals surface area (Å²) < 4.78 is 0. The van der Waals surface area contributed by atoms with Crippen LogP contribution in [-0.4, -0.2) is 5.33 Å². The molecule has 0 aromatic carbocycles. The van der Waals surface area contributed by atoms with Crippen molar-refractivity contribution < 1.29 is 0 Å². The van der Waals surface area contributed by atoms with Gasteiger partial charge in [0.2, 0.25) is 0 Å². The van der Waals surface area contributed by atoms with E-state index in [1.165, 1.54) is 0 Å². The maximum Gasteiger partial charge on any atom is 0.0223 e. The molecular formula is C8H11Br. The Bertz CT molecular complexity index is 128. The van der Waals surface area contributed by atoms with Crippen LogP contribution in [-0.2, 0) is 0 Å². The van der Waals surface area contributed by atoms with Gasteiger partial charge in [-0.15, -0.1) is 6.42 Å². The number of rotatable bonds is 3. The Labute approximate surface area is 65.5 Å². The Morgan fingerprint density at radius 1 is 1.78 bits per heavy atom. The summed E-state index contributed by atoms with van der Waals surface area (Å²) in [7, 11) is 0. The quantitative estimate of drug-likeness (QED) is 0.470. The molecule has 9 heavy (non-hydrogen) atoms. The monoisotopic (exact) mass is 186 g/mol. The van der Waals surface area contributed by atoms with Gasteiger partial charge in [-0.3, -0.25) is 0 Å². The van der Waals surface area contributed by atoms with Crippen molar-refractivity contribution in [3.05, 3.63) is 11.6 Å². The van der Waals surface area contributed by atoms with Crippen molar-refractivity contribution in [2.24, 2.45) is 0 Å². The molecule has 0 unspecified atom stereocenters. The summed E-state index contributed by atoms with van der Waals surface area (Å²) in [6.07, 6.45) is 9.39. The average Bonchev–Trinajstić information content (AvgIpc) is 1.88. The molecule has 0 amide bonds. The molecule has 0 nitrogen and oxygen atoms in total. The van der Waals surface area contributed by atoms with Gasteiger partial charge < -0.3 is 0 Å². The van der Waals surface area contributed by atoms with Gasteiger partial charge >= 0.3 is 0 Å². The van der Waals surface area contributed by atoms with Gasteiger partial charge in [-0.25, -0.2) is 0 Å². The zero-order chi connectivity index (χ0) is 7.11. The lowest BCUT2D eigenvalue weighted by Gasteiger charge is -1.92. The van der Waals surface area contributed by atoms with E-state index in [-0.39, 0.29) is 0 Å². The highest BCUT2D eigenvalue weighted by Gasteiger charge is 1.86. The highest BCUT2D eigenvalue weighted by molar-refractivity contribution is 9.09. The fourth-order valence-electron chi connectivity index (χ4n) is 0.596. The molecule has 0 aromatic rings. The number of allylic oxidation sites excluding steroid dienone is 2. The van der Waals surface area contributed by atoms with E-state index in [4.69, 9.17) is 6.42 Å². The average molecular weight is 187 g/mol. The van der Waals surface area contributed by atoms with Crippen LogP contribution in [0.15, 0.2) is 11.6 Å². The van der Waals surface area contributed by atoms with Crippen molar-refractivity contribution in [2.45, 2.75) is 19.8 Å². The molecule has 0 aliphatic rings. The zero-order valence-electron chi connectivity index (χ0n) is 5.65. The standard InChI is InChI=1S/C8H11Br/c1-3-5-8(4-2)6-7-9/h2,6H,3,5,7H2,1H3/b8-6+. The van der Waals surface area contributed by atoms with Gasteiger partial charge in [0.1, 0.15) is 0 Å². The number of alkyl halides is 1. The first kappa shape index (κ1) is 8.78. The van der Waals surface area contributed by atoms with Crippen LogP contribution in [0.5, 0.6) is 0 Å². The van der Waals surface area contributed by atoms with Crippen molar-refractivity contribution in [1.29, 1.82) is 0 Å².